The topological polar surface area (TPSA) is 59.1 Å². The third-order valence-corrected chi connectivity index (χ3v) is 5.26. The lowest BCUT2D eigenvalue weighted by Gasteiger charge is -2.38. The lowest BCUT2D eigenvalue weighted by molar-refractivity contribution is -0.141. The Bertz CT molecular complexity index is 874. The zero-order valence-electron chi connectivity index (χ0n) is 16.0. The van der Waals surface area contributed by atoms with Gasteiger partial charge in [0.05, 0.1) is 17.9 Å². The van der Waals surface area contributed by atoms with Gasteiger partial charge in [0.2, 0.25) is 0 Å². The molecule has 4 rings (SSSR count). The summed E-state index contributed by atoms with van der Waals surface area (Å²) in [7, 11) is 0. The van der Waals surface area contributed by atoms with E-state index in [-0.39, 0.29) is 5.91 Å². The van der Waals surface area contributed by atoms with Crippen LogP contribution in [0, 0.1) is 0 Å². The number of ether oxygens (including phenoxy) is 2. The van der Waals surface area contributed by atoms with Crippen LogP contribution in [0.4, 0.5) is 5.69 Å². The minimum Gasteiger partial charge on any atom is -0.492 e. The summed E-state index contributed by atoms with van der Waals surface area (Å²) in [5, 5.41) is 0. The van der Waals surface area contributed by atoms with Crippen molar-refractivity contribution in [3.63, 3.8) is 0 Å². The van der Waals surface area contributed by atoms with E-state index in [1.54, 1.807) is 11.0 Å². The van der Waals surface area contributed by atoms with Gasteiger partial charge < -0.3 is 19.3 Å². The quantitative estimate of drug-likeness (QED) is 0.763. The van der Waals surface area contributed by atoms with E-state index in [4.69, 9.17) is 9.47 Å². The molecule has 146 valence electrons. The number of amides is 1. The largest absolute Gasteiger partial charge is 0.492 e. The van der Waals surface area contributed by atoms with Crippen LogP contribution in [-0.2, 0) is 16.0 Å². The predicted molar refractivity (Wildman–Crippen MR) is 106 cm³/mol. The van der Waals surface area contributed by atoms with Gasteiger partial charge in [-0.1, -0.05) is 30.3 Å². The number of cyclic esters (lactones) is 1. The lowest BCUT2D eigenvalue weighted by atomic mass is 9.98. The number of para-hydroxylation sites is 2. The Hall–Kier alpha value is -3.02. The first-order valence-electron chi connectivity index (χ1n) is 9.72. The summed E-state index contributed by atoms with van der Waals surface area (Å²) < 4.78 is 11.2. The number of rotatable bonds is 4. The second-order valence-electron chi connectivity index (χ2n) is 6.97. The summed E-state index contributed by atoms with van der Waals surface area (Å²) in [6, 6.07) is 15.3. The average Bonchev–Trinajstić information content (AvgIpc) is 2.74. The molecule has 6 heteroatoms. The first-order chi connectivity index (χ1) is 13.7. The van der Waals surface area contributed by atoms with E-state index in [0.717, 1.165) is 17.0 Å². The number of piperazine rings is 1. The molecule has 1 fully saturated rings. The summed E-state index contributed by atoms with van der Waals surface area (Å²) in [5.74, 6) is 0.340. The van der Waals surface area contributed by atoms with Crippen LogP contribution >= 0.6 is 0 Å². The van der Waals surface area contributed by atoms with Gasteiger partial charge in [0, 0.05) is 32.6 Å². The molecule has 2 heterocycles. The van der Waals surface area contributed by atoms with E-state index < -0.39 is 12.1 Å². The fourth-order valence-corrected chi connectivity index (χ4v) is 3.84. The molecule has 0 aromatic heterocycles. The summed E-state index contributed by atoms with van der Waals surface area (Å²) in [4.78, 5) is 29.2. The van der Waals surface area contributed by atoms with Crippen LogP contribution in [0.3, 0.4) is 0 Å². The fourth-order valence-electron chi connectivity index (χ4n) is 3.84. The second-order valence-corrected chi connectivity index (χ2v) is 6.97. The van der Waals surface area contributed by atoms with Crippen LogP contribution in [0.1, 0.15) is 22.8 Å². The van der Waals surface area contributed by atoms with Gasteiger partial charge in [0.25, 0.3) is 5.91 Å². The molecule has 2 aliphatic rings. The van der Waals surface area contributed by atoms with Crippen molar-refractivity contribution in [3.05, 3.63) is 59.7 Å². The monoisotopic (exact) mass is 380 g/mol. The highest BCUT2D eigenvalue weighted by Crippen LogP contribution is 2.29. The van der Waals surface area contributed by atoms with Crippen LogP contribution in [0.2, 0.25) is 0 Å². The number of esters is 1. The van der Waals surface area contributed by atoms with Crippen molar-refractivity contribution >= 4 is 17.6 Å². The van der Waals surface area contributed by atoms with Crippen LogP contribution < -0.4 is 9.64 Å². The first kappa shape index (κ1) is 18.3. The third-order valence-electron chi connectivity index (χ3n) is 5.26. The molecule has 2 aliphatic heterocycles. The number of hydrogen-bond donors (Lipinski definition) is 0. The number of hydrogen-bond acceptors (Lipinski definition) is 5. The van der Waals surface area contributed by atoms with Gasteiger partial charge in [-0.2, -0.15) is 0 Å². The Labute approximate surface area is 164 Å². The molecule has 1 saturated heterocycles. The van der Waals surface area contributed by atoms with E-state index in [1.807, 2.05) is 49.4 Å². The van der Waals surface area contributed by atoms with E-state index in [0.29, 0.717) is 44.8 Å². The van der Waals surface area contributed by atoms with Crippen LogP contribution in [0.15, 0.2) is 48.5 Å². The minimum atomic E-state index is -0.732. The summed E-state index contributed by atoms with van der Waals surface area (Å²) in [5.41, 5.74) is 2.49. The number of carbonyl (C=O) groups excluding carboxylic acids is 2. The molecule has 0 spiro atoms. The highest BCUT2D eigenvalue weighted by molar-refractivity contribution is 5.95. The fraction of sp³-hybridized carbons (Fsp3) is 0.364. The number of anilines is 1. The second kappa shape index (κ2) is 7.92. The van der Waals surface area contributed by atoms with E-state index in [2.05, 4.69) is 4.90 Å². The molecule has 6 nitrogen and oxygen atoms in total. The number of benzene rings is 2. The van der Waals surface area contributed by atoms with E-state index in [9.17, 15) is 9.59 Å². The number of fused-ring (bicyclic) bond motifs is 1. The zero-order chi connectivity index (χ0) is 19.5. The van der Waals surface area contributed by atoms with Gasteiger partial charge in [-0.15, -0.1) is 0 Å². The number of carbonyl (C=O) groups is 2. The van der Waals surface area contributed by atoms with Crippen LogP contribution in [0.5, 0.6) is 5.75 Å². The van der Waals surface area contributed by atoms with Gasteiger partial charge in [-0.25, -0.2) is 4.79 Å². The molecule has 0 radical (unpaired) electrons. The first-order valence-corrected chi connectivity index (χ1v) is 9.72. The predicted octanol–water partition coefficient (Wildman–Crippen LogP) is 2.52. The van der Waals surface area contributed by atoms with Gasteiger partial charge in [0.15, 0.2) is 6.10 Å². The Balaban J connectivity index is 1.41. The zero-order valence-corrected chi connectivity index (χ0v) is 16.0. The highest BCUT2D eigenvalue weighted by Gasteiger charge is 2.35. The van der Waals surface area contributed by atoms with Crippen molar-refractivity contribution in [3.8, 4) is 5.75 Å². The van der Waals surface area contributed by atoms with Gasteiger partial charge in [-0.05, 0) is 30.7 Å². The Morgan fingerprint density at radius 1 is 1.07 bits per heavy atom. The Morgan fingerprint density at radius 3 is 2.57 bits per heavy atom. The summed E-state index contributed by atoms with van der Waals surface area (Å²) in [6.07, 6.45) is -0.293. The Morgan fingerprint density at radius 2 is 1.79 bits per heavy atom. The van der Waals surface area contributed by atoms with Crippen molar-refractivity contribution < 1.29 is 19.1 Å². The summed E-state index contributed by atoms with van der Waals surface area (Å²) >= 11 is 0. The van der Waals surface area contributed by atoms with Crippen molar-refractivity contribution in [2.75, 3.05) is 37.7 Å². The molecule has 0 aliphatic carbocycles. The number of nitrogens with zero attached hydrogens (tertiary/aromatic N) is 2. The molecule has 2 aromatic carbocycles. The van der Waals surface area contributed by atoms with Crippen molar-refractivity contribution in [1.82, 2.24) is 4.90 Å². The molecule has 2 aromatic rings. The van der Waals surface area contributed by atoms with Crippen LogP contribution in [-0.4, -0.2) is 55.7 Å². The molecular weight excluding hydrogens is 356 g/mol. The molecule has 0 saturated carbocycles. The normalized spacial score (nSPS) is 19.0. The van der Waals surface area contributed by atoms with Gasteiger partial charge >= 0.3 is 5.97 Å². The van der Waals surface area contributed by atoms with Crippen molar-refractivity contribution in [2.45, 2.75) is 19.4 Å². The molecule has 0 N–H and O–H groups in total. The minimum absolute atomic E-state index is 0.111. The Kier molecular flexibility index (Phi) is 5.19. The van der Waals surface area contributed by atoms with Crippen molar-refractivity contribution in [1.29, 1.82) is 0 Å². The van der Waals surface area contributed by atoms with E-state index in [1.165, 1.54) is 0 Å². The molecule has 1 unspecified atom stereocenters. The maximum atomic E-state index is 12.9. The average molecular weight is 380 g/mol. The van der Waals surface area contributed by atoms with Gasteiger partial charge in [0.1, 0.15) is 5.75 Å². The lowest BCUT2D eigenvalue weighted by Crippen LogP contribution is -2.53. The van der Waals surface area contributed by atoms with Gasteiger partial charge in [-0.3, -0.25) is 4.79 Å². The maximum absolute atomic E-state index is 12.9. The molecule has 1 atom stereocenters. The molecule has 28 heavy (non-hydrogen) atoms. The molecular formula is C22H24N2O4. The molecule has 1 amide bonds. The maximum Gasteiger partial charge on any atom is 0.339 e. The third kappa shape index (κ3) is 3.54. The highest BCUT2D eigenvalue weighted by atomic mass is 16.5. The smallest absolute Gasteiger partial charge is 0.339 e. The summed E-state index contributed by atoms with van der Waals surface area (Å²) in [6.45, 7) is 5.20. The van der Waals surface area contributed by atoms with Crippen molar-refractivity contribution in [2.24, 2.45) is 0 Å². The SMILES string of the molecule is CCOc1ccccc1N1CCN(C(=O)C2Cc3ccccc3C(=O)O2)CC1. The molecule has 0 bridgehead atoms. The van der Waals surface area contributed by atoms with E-state index >= 15 is 0 Å². The standard InChI is InChI=1S/C22H24N2O4/c1-2-27-19-10-6-5-9-18(19)23-11-13-24(14-12-23)21(25)20-15-16-7-3-4-8-17(16)22(26)28-20/h3-10,20H,2,11-15H2,1H3. The van der Waals surface area contributed by atoms with Crippen LogP contribution in [0.25, 0.3) is 0 Å².